The lowest BCUT2D eigenvalue weighted by Crippen LogP contribution is -2.40. The normalized spacial score (nSPS) is 14.4. The zero-order valence-electron chi connectivity index (χ0n) is 18.5. The summed E-state index contributed by atoms with van der Waals surface area (Å²) in [6.45, 7) is 13.0. The number of nitrogens with zero attached hydrogens (tertiary/aromatic N) is 3. The Labute approximate surface area is 177 Å². The molecular formula is C21H34N3O2S2+. The van der Waals surface area contributed by atoms with Crippen molar-refractivity contribution < 1.29 is 14.7 Å². The van der Waals surface area contributed by atoms with Crippen molar-refractivity contribution in [1.29, 1.82) is 0 Å². The fourth-order valence-corrected chi connectivity index (χ4v) is 4.25. The van der Waals surface area contributed by atoms with E-state index < -0.39 is 6.23 Å². The Kier molecular flexibility index (Phi) is 6.18. The maximum absolute atomic E-state index is 10.9. The molecule has 2 N–H and O–H groups in total. The average molecular weight is 425 g/mol. The van der Waals surface area contributed by atoms with Crippen molar-refractivity contribution in [2.45, 2.75) is 58.6 Å². The standard InChI is InChI=1S/C21H33N3O2S2/c1-20(2,3)14-10-13(11-15(17(14)26)21(4,5)6)18-22-23(19(27)28-18)16(25)12-24(7,8)9/h10-11,16,25H,12H2,1-9H3/p+1. The van der Waals surface area contributed by atoms with Crippen molar-refractivity contribution in [3.8, 4) is 16.3 Å². The Morgan fingerprint density at radius 1 is 1.07 bits per heavy atom. The SMILES string of the molecule is CC(C)(C)c1cc(-c2nn(C(O)C[N+](C)(C)C)c(=S)s2)cc(C(C)(C)C)c1O. The van der Waals surface area contributed by atoms with Gasteiger partial charge in [-0.05, 0) is 35.2 Å². The molecule has 0 saturated carbocycles. The van der Waals surface area contributed by atoms with Crippen LogP contribution in [-0.2, 0) is 10.8 Å². The van der Waals surface area contributed by atoms with E-state index in [9.17, 15) is 10.2 Å². The van der Waals surface area contributed by atoms with E-state index >= 15 is 0 Å². The summed E-state index contributed by atoms with van der Waals surface area (Å²) >= 11 is 6.86. The molecule has 0 bridgehead atoms. The van der Waals surface area contributed by atoms with Crippen molar-refractivity contribution in [3.63, 3.8) is 0 Å². The van der Waals surface area contributed by atoms with Crippen molar-refractivity contribution in [3.05, 3.63) is 27.2 Å². The zero-order chi connectivity index (χ0) is 21.7. The van der Waals surface area contributed by atoms with Crippen molar-refractivity contribution in [2.24, 2.45) is 0 Å². The van der Waals surface area contributed by atoms with E-state index in [1.807, 2.05) is 33.3 Å². The predicted octanol–water partition coefficient (Wildman–Crippen LogP) is 4.84. The number of aliphatic hydroxyl groups excluding tert-OH is 1. The minimum atomic E-state index is -0.779. The Morgan fingerprint density at radius 2 is 1.54 bits per heavy atom. The van der Waals surface area contributed by atoms with Crippen LogP contribution in [0.1, 0.15) is 58.9 Å². The number of aromatic hydroxyl groups is 1. The summed E-state index contributed by atoms with van der Waals surface area (Å²) in [7, 11) is 6.06. The fourth-order valence-electron chi connectivity index (χ4n) is 3.06. The summed E-state index contributed by atoms with van der Waals surface area (Å²) in [5.74, 6) is 0.344. The molecule has 2 rings (SSSR count). The van der Waals surface area contributed by atoms with E-state index in [1.54, 1.807) is 0 Å². The van der Waals surface area contributed by atoms with Gasteiger partial charge < -0.3 is 14.7 Å². The molecule has 1 aromatic heterocycles. The minimum absolute atomic E-state index is 0.215. The van der Waals surface area contributed by atoms with Crippen LogP contribution >= 0.6 is 23.6 Å². The van der Waals surface area contributed by atoms with Crippen LogP contribution in [0.15, 0.2) is 12.1 Å². The van der Waals surface area contributed by atoms with Gasteiger partial charge in [-0.25, -0.2) is 4.68 Å². The second kappa shape index (κ2) is 7.52. The van der Waals surface area contributed by atoms with Crippen LogP contribution in [0.4, 0.5) is 0 Å². The second-order valence-electron chi connectivity index (χ2n) is 10.5. The predicted molar refractivity (Wildman–Crippen MR) is 120 cm³/mol. The van der Waals surface area contributed by atoms with Crippen molar-refractivity contribution >= 4 is 23.6 Å². The van der Waals surface area contributed by atoms with E-state index in [2.05, 4.69) is 46.6 Å². The van der Waals surface area contributed by atoms with Gasteiger partial charge in [-0.1, -0.05) is 52.9 Å². The lowest BCUT2D eigenvalue weighted by Gasteiger charge is -2.28. The first-order chi connectivity index (χ1) is 12.5. The maximum atomic E-state index is 10.9. The van der Waals surface area contributed by atoms with E-state index in [1.165, 1.54) is 16.0 Å². The number of benzene rings is 1. The highest BCUT2D eigenvalue weighted by atomic mass is 32.1. The van der Waals surface area contributed by atoms with Gasteiger partial charge in [0.2, 0.25) is 0 Å². The molecule has 1 heterocycles. The van der Waals surface area contributed by atoms with Gasteiger partial charge in [0, 0.05) is 16.7 Å². The Balaban J connectivity index is 2.63. The molecular weight excluding hydrogens is 390 g/mol. The summed E-state index contributed by atoms with van der Waals surface area (Å²) in [5.41, 5.74) is 2.25. The first-order valence-electron chi connectivity index (χ1n) is 9.47. The van der Waals surface area contributed by atoms with Gasteiger partial charge in [-0.3, -0.25) is 0 Å². The molecule has 1 unspecified atom stereocenters. The number of phenols is 1. The second-order valence-corrected chi connectivity index (χ2v) is 12.1. The van der Waals surface area contributed by atoms with Gasteiger partial charge in [-0.15, -0.1) is 0 Å². The van der Waals surface area contributed by atoms with Gasteiger partial charge in [0.15, 0.2) is 10.2 Å². The third-order valence-corrected chi connectivity index (χ3v) is 5.85. The molecule has 0 fully saturated rings. The Morgan fingerprint density at radius 3 is 1.93 bits per heavy atom. The first kappa shape index (κ1) is 23.0. The molecule has 0 aliphatic heterocycles. The quantitative estimate of drug-likeness (QED) is 0.545. The van der Waals surface area contributed by atoms with Gasteiger partial charge in [-0.2, -0.15) is 5.10 Å². The molecule has 0 aliphatic carbocycles. The topological polar surface area (TPSA) is 58.3 Å². The molecule has 0 spiro atoms. The largest absolute Gasteiger partial charge is 0.507 e. The monoisotopic (exact) mass is 424 g/mol. The lowest BCUT2D eigenvalue weighted by atomic mass is 9.78. The smallest absolute Gasteiger partial charge is 0.199 e. The number of likely N-dealkylation sites (N-methyl/N-ethyl adjacent to an activating group) is 1. The number of phenolic OH excluding ortho intramolecular Hbond substituents is 1. The lowest BCUT2D eigenvalue weighted by molar-refractivity contribution is -0.875. The molecule has 156 valence electrons. The number of quaternary nitrogens is 1. The number of aromatic nitrogens is 2. The van der Waals surface area contributed by atoms with Crippen LogP contribution in [0, 0.1) is 3.95 Å². The molecule has 2 aromatic rings. The zero-order valence-corrected chi connectivity index (χ0v) is 20.1. The summed E-state index contributed by atoms with van der Waals surface area (Å²) in [5, 5.41) is 26.9. The van der Waals surface area contributed by atoms with Gasteiger partial charge in [0.25, 0.3) is 0 Å². The third kappa shape index (κ3) is 5.20. The third-order valence-electron chi connectivity index (χ3n) is 4.54. The van der Waals surface area contributed by atoms with Crippen LogP contribution in [0.5, 0.6) is 5.75 Å². The fraction of sp³-hybridized carbons (Fsp3) is 0.619. The molecule has 1 aromatic carbocycles. The first-order valence-corrected chi connectivity index (χ1v) is 10.7. The molecule has 7 heteroatoms. The molecule has 1 atom stereocenters. The van der Waals surface area contributed by atoms with Crippen LogP contribution in [-0.4, -0.2) is 52.2 Å². The van der Waals surface area contributed by atoms with Crippen LogP contribution in [0.2, 0.25) is 0 Å². The minimum Gasteiger partial charge on any atom is -0.507 e. The average Bonchev–Trinajstić information content (AvgIpc) is 2.85. The van der Waals surface area contributed by atoms with E-state index in [4.69, 9.17) is 12.2 Å². The van der Waals surface area contributed by atoms with E-state index in [0.717, 1.165) is 21.7 Å². The van der Waals surface area contributed by atoms with Gasteiger partial charge >= 0.3 is 0 Å². The highest BCUT2D eigenvalue weighted by molar-refractivity contribution is 7.73. The van der Waals surface area contributed by atoms with E-state index in [-0.39, 0.29) is 10.8 Å². The van der Waals surface area contributed by atoms with Crippen molar-refractivity contribution in [2.75, 3.05) is 27.7 Å². The Hall–Kier alpha value is -1.28. The molecule has 5 nitrogen and oxygen atoms in total. The van der Waals surface area contributed by atoms with Crippen LogP contribution < -0.4 is 0 Å². The Bertz CT molecular complexity index is 874. The van der Waals surface area contributed by atoms with Crippen LogP contribution in [0.3, 0.4) is 0 Å². The number of hydrogen-bond donors (Lipinski definition) is 2. The van der Waals surface area contributed by atoms with Gasteiger partial charge in [0.05, 0.1) is 21.1 Å². The summed E-state index contributed by atoms with van der Waals surface area (Å²) < 4.78 is 2.68. The summed E-state index contributed by atoms with van der Waals surface area (Å²) in [6, 6.07) is 3.99. The maximum Gasteiger partial charge on any atom is 0.199 e. The number of aliphatic hydroxyl groups is 1. The highest BCUT2D eigenvalue weighted by Gasteiger charge is 2.28. The highest BCUT2D eigenvalue weighted by Crippen LogP contribution is 2.42. The number of rotatable bonds is 4. The molecule has 0 saturated heterocycles. The molecule has 0 aliphatic rings. The van der Waals surface area contributed by atoms with Crippen LogP contribution in [0.25, 0.3) is 10.6 Å². The van der Waals surface area contributed by atoms with E-state index in [0.29, 0.717) is 20.7 Å². The molecule has 0 radical (unpaired) electrons. The van der Waals surface area contributed by atoms with Crippen molar-refractivity contribution in [1.82, 2.24) is 9.78 Å². The molecule has 0 amide bonds. The number of hydrogen-bond acceptors (Lipinski definition) is 5. The summed E-state index contributed by atoms with van der Waals surface area (Å²) in [6.07, 6.45) is -0.779. The molecule has 28 heavy (non-hydrogen) atoms. The summed E-state index contributed by atoms with van der Waals surface area (Å²) in [4.78, 5) is 0. The van der Waals surface area contributed by atoms with Gasteiger partial charge in [0.1, 0.15) is 17.3 Å².